The van der Waals surface area contributed by atoms with E-state index in [1.54, 1.807) is 30.3 Å². The van der Waals surface area contributed by atoms with Crippen molar-refractivity contribution in [3.05, 3.63) is 76.7 Å². The number of carbonyl (C=O) groups excluding carboxylic acids is 1. The zero-order valence-corrected chi connectivity index (χ0v) is 15.2. The number of hydrogen-bond donors (Lipinski definition) is 0. The van der Waals surface area contributed by atoms with E-state index >= 15 is 0 Å². The van der Waals surface area contributed by atoms with Gasteiger partial charge in [0.15, 0.2) is 5.75 Å². The highest BCUT2D eigenvalue weighted by Crippen LogP contribution is 2.23. The van der Waals surface area contributed by atoms with Crippen LogP contribution < -0.4 is 10.3 Å². The first-order valence-electron chi connectivity index (χ1n) is 8.49. The summed E-state index contributed by atoms with van der Waals surface area (Å²) in [5.74, 6) is 0.0894. The highest BCUT2D eigenvalue weighted by molar-refractivity contribution is 5.83. The zero-order valence-electron chi connectivity index (χ0n) is 15.2. The minimum atomic E-state index is -0.310. The third kappa shape index (κ3) is 3.47. The normalized spacial score (nSPS) is 12.0. The molecule has 1 heterocycles. The van der Waals surface area contributed by atoms with E-state index in [4.69, 9.17) is 4.74 Å². The molecule has 0 bridgehead atoms. The van der Waals surface area contributed by atoms with Gasteiger partial charge in [0.05, 0.1) is 13.2 Å². The predicted octanol–water partition coefficient (Wildman–Crippen LogP) is 3.23. The molecule has 1 amide bonds. The van der Waals surface area contributed by atoms with Crippen molar-refractivity contribution < 1.29 is 9.53 Å². The van der Waals surface area contributed by atoms with Gasteiger partial charge in [0.1, 0.15) is 6.54 Å². The number of pyridine rings is 1. The first kappa shape index (κ1) is 17.7. The molecule has 3 aromatic rings. The van der Waals surface area contributed by atoms with Gasteiger partial charge in [0.2, 0.25) is 5.91 Å². The van der Waals surface area contributed by atoms with E-state index in [0.717, 1.165) is 10.9 Å². The number of hydrogen-bond acceptors (Lipinski definition) is 3. The molecule has 0 radical (unpaired) electrons. The Hall–Kier alpha value is -3.08. The first-order chi connectivity index (χ1) is 12.5. The number of rotatable bonds is 5. The van der Waals surface area contributed by atoms with E-state index in [0.29, 0.717) is 0 Å². The lowest BCUT2D eigenvalue weighted by molar-refractivity contribution is -0.132. The molecule has 26 heavy (non-hydrogen) atoms. The molecule has 0 unspecified atom stereocenters. The summed E-state index contributed by atoms with van der Waals surface area (Å²) in [6.45, 7) is 1.96. The van der Waals surface area contributed by atoms with Crippen molar-refractivity contribution in [2.75, 3.05) is 14.2 Å². The van der Waals surface area contributed by atoms with Crippen LogP contribution >= 0.6 is 0 Å². The van der Waals surface area contributed by atoms with Crippen LogP contribution in [0.25, 0.3) is 10.8 Å². The summed E-state index contributed by atoms with van der Waals surface area (Å²) in [5, 5.41) is 2.31. The zero-order chi connectivity index (χ0) is 18.7. The van der Waals surface area contributed by atoms with Gasteiger partial charge in [0, 0.05) is 13.2 Å². The standard InChI is InChI=1S/C21H22N2O3/c1-15(17-11-10-16-7-4-5-8-18(16)13-17)22(2)20(24)14-23-12-6-9-19(26-3)21(23)25/h4-13,15H,14H2,1-3H3/t15-/m1/s1. The second-order valence-electron chi connectivity index (χ2n) is 6.30. The molecule has 0 fully saturated rings. The van der Waals surface area contributed by atoms with Crippen LogP contribution in [0.15, 0.2) is 65.6 Å². The van der Waals surface area contributed by atoms with E-state index in [-0.39, 0.29) is 29.8 Å². The molecule has 1 atom stereocenters. The van der Waals surface area contributed by atoms with Gasteiger partial charge in [-0.25, -0.2) is 0 Å². The second kappa shape index (κ2) is 7.44. The average molecular weight is 350 g/mol. The van der Waals surface area contributed by atoms with Crippen molar-refractivity contribution in [3.8, 4) is 5.75 Å². The fourth-order valence-corrected chi connectivity index (χ4v) is 2.96. The molecule has 0 aliphatic heterocycles. The molecule has 2 aromatic carbocycles. The monoisotopic (exact) mass is 350 g/mol. The number of methoxy groups -OCH3 is 1. The summed E-state index contributed by atoms with van der Waals surface area (Å²) < 4.78 is 6.39. The van der Waals surface area contributed by atoms with Crippen molar-refractivity contribution in [1.82, 2.24) is 9.47 Å². The second-order valence-corrected chi connectivity index (χ2v) is 6.30. The maximum atomic E-state index is 12.7. The Balaban J connectivity index is 1.80. The van der Waals surface area contributed by atoms with Crippen molar-refractivity contribution >= 4 is 16.7 Å². The molecule has 5 heteroatoms. The molecule has 1 aromatic heterocycles. The SMILES string of the molecule is COc1cccn(CC(=O)N(C)[C@H](C)c2ccc3ccccc3c2)c1=O. The topological polar surface area (TPSA) is 51.5 Å². The summed E-state index contributed by atoms with van der Waals surface area (Å²) in [5.41, 5.74) is 0.743. The quantitative estimate of drug-likeness (QED) is 0.710. The number of likely N-dealkylation sites (N-methyl/N-ethyl adjacent to an activating group) is 1. The molecule has 0 aliphatic carbocycles. The molecule has 0 N–H and O–H groups in total. The number of benzene rings is 2. The van der Waals surface area contributed by atoms with Gasteiger partial charge >= 0.3 is 0 Å². The Bertz CT molecular complexity index is 994. The van der Waals surface area contributed by atoms with E-state index in [1.165, 1.54) is 17.1 Å². The predicted molar refractivity (Wildman–Crippen MR) is 102 cm³/mol. The maximum absolute atomic E-state index is 12.7. The van der Waals surface area contributed by atoms with Gasteiger partial charge in [-0.05, 0) is 41.5 Å². The molecule has 3 rings (SSSR count). The highest BCUT2D eigenvalue weighted by Gasteiger charge is 2.19. The molecule has 5 nitrogen and oxygen atoms in total. The van der Waals surface area contributed by atoms with E-state index < -0.39 is 0 Å². The van der Waals surface area contributed by atoms with Crippen LogP contribution in [0.2, 0.25) is 0 Å². The van der Waals surface area contributed by atoms with Crippen LogP contribution in [0.3, 0.4) is 0 Å². The molecule has 0 aliphatic rings. The lowest BCUT2D eigenvalue weighted by Crippen LogP contribution is -2.35. The summed E-state index contributed by atoms with van der Waals surface area (Å²) in [6, 6.07) is 17.5. The molecule has 0 spiro atoms. The molecule has 134 valence electrons. The lowest BCUT2D eigenvalue weighted by atomic mass is 10.0. The Morgan fingerprint density at radius 3 is 2.58 bits per heavy atom. The third-order valence-electron chi connectivity index (χ3n) is 4.74. The van der Waals surface area contributed by atoms with Gasteiger partial charge in [-0.3, -0.25) is 9.59 Å². The minimum Gasteiger partial charge on any atom is -0.491 e. The summed E-state index contributed by atoms with van der Waals surface area (Å²) in [6.07, 6.45) is 1.59. The molecule has 0 saturated carbocycles. The number of ether oxygens (including phenoxy) is 1. The minimum absolute atomic E-state index is 0.0234. The van der Waals surface area contributed by atoms with Crippen molar-refractivity contribution in [1.29, 1.82) is 0 Å². The number of aromatic nitrogens is 1. The smallest absolute Gasteiger partial charge is 0.293 e. The molecule has 0 saturated heterocycles. The summed E-state index contributed by atoms with van der Waals surface area (Å²) >= 11 is 0. The van der Waals surface area contributed by atoms with Crippen molar-refractivity contribution in [3.63, 3.8) is 0 Å². The first-order valence-corrected chi connectivity index (χ1v) is 8.49. The number of nitrogens with zero attached hydrogens (tertiary/aromatic N) is 2. The van der Waals surface area contributed by atoms with E-state index in [1.807, 2.05) is 25.1 Å². The van der Waals surface area contributed by atoms with E-state index in [2.05, 4.69) is 24.3 Å². The highest BCUT2D eigenvalue weighted by atomic mass is 16.5. The Labute approximate surface area is 152 Å². The van der Waals surface area contributed by atoms with Gasteiger partial charge in [-0.1, -0.05) is 36.4 Å². The number of fused-ring (bicyclic) bond motifs is 1. The fourth-order valence-electron chi connectivity index (χ4n) is 2.96. The van der Waals surface area contributed by atoms with Gasteiger partial charge < -0.3 is 14.2 Å². The fraction of sp³-hybridized carbons (Fsp3) is 0.238. The van der Waals surface area contributed by atoms with Crippen LogP contribution in [0.1, 0.15) is 18.5 Å². The van der Waals surface area contributed by atoms with Crippen LogP contribution in [-0.2, 0) is 11.3 Å². The summed E-state index contributed by atoms with van der Waals surface area (Å²) in [7, 11) is 3.20. The Morgan fingerprint density at radius 1 is 1.12 bits per heavy atom. The van der Waals surface area contributed by atoms with Crippen LogP contribution in [0.5, 0.6) is 5.75 Å². The lowest BCUT2D eigenvalue weighted by Gasteiger charge is -2.26. The van der Waals surface area contributed by atoms with Gasteiger partial charge in [0.25, 0.3) is 5.56 Å². The van der Waals surface area contributed by atoms with Crippen LogP contribution in [0, 0.1) is 0 Å². The maximum Gasteiger partial charge on any atom is 0.293 e. The van der Waals surface area contributed by atoms with E-state index in [9.17, 15) is 9.59 Å². The Kier molecular flexibility index (Phi) is 5.07. The van der Waals surface area contributed by atoms with Crippen molar-refractivity contribution in [2.24, 2.45) is 0 Å². The van der Waals surface area contributed by atoms with Crippen molar-refractivity contribution in [2.45, 2.75) is 19.5 Å². The Morgan fingerprint density at radius 2 is 1.85 bits per heavy atom. The third-order valence-corrected chi connectivity index (χ3v) is 4.74. The van der Waals surface area contributed by atoms with Crippen LogP contribution in [-0.4, -0.2) is 29.5 Å². The number of carbonyl (C=O) groups is 1. The number of amides is 1. The van der Waals surface area contributed by atoms with Gasteiger partial charge in [-0.15, -0.1) is 0 Å². The van der Waals surface area contributed by atoms with Gasteiger partial charge in [-0.2, -0.15) is 0 Å². The summed E-state index contributed by atoms with van der Waals surface area (Å²) in [4.78, 5) is 26.5. The molecular formula is C21H22N2O3. The largest absolute Gasteiger partial charge is 0.491 e. The molecular weight excluding hydrogens is 328 g/mol. The average Bonchev–Trinajstić information content (AvgIpc) is 2.68. The van der Waals surface area contributed by atoms with Crippen LogP contribution in [0.4, 0.5) is 0 Å².